The molecule has 12 heavy (non-hydrogen) atoms. The molecule has 0 aromatic rings. The molecule has 1 amide bonds. The molecule has 0 aliphatic heterocycles. The third kappa shape index (κ3) is 5.63. The Morgan fingerprint density at radius 3 is 2.83 bits per heavy atom. The first-order valence-electron chi connectivity index (χ1n) is 3.67. The van der Waals surface area contributed by atoms with Crippen molar-refractivity contribution in [3.63, 3.8) is 0 Å². The maximum absolute atomic E-state index is 10.4. The molecule has 6 nitrogen and oxygen atoms in total. The monoisotopic (exact) mass is 173 g/mol. The molecular weight excluding hydrogens is 158 g/mol. The summed E-state index contributed by atoms with van der Waals surface area (Å²) in [6, 6.07) is -0.564. The normalized spacial score (nSPS) is 13.2. The molecule has 0 spiro atoms. The number of nitrogens with one attached hydrogen (secondary N) is 1. The minimum atomic E-state index is -0.564. The number of rotatable bonds is 6. The van der Waals surface area contributed by atoms with Gasteiger partial charge in [-0.3, -0.25) is 9.79 Å². The quantitative estimate of drug-likeness (QED) is 0.123. The highest BCUT2D eigenvalue weighted by Crippen LogP contribution is 1.93. The predicted octanol–water partition coefficient (Wildman–Crippen LogP) is -1.93. The van der Waals surface area contributed by atoms with Crippen LogP contribution in [0.15, 0.2) is 4.99 Å². The number of hydrazine groups is 1. The molecule has 1 unspecified atom stereocenters. The molecule has 0 aromatic carbocycles. The van der Waals surface area contributed by atoms with Crippen LogP contribution in [0.2, 0.25) is 0 Å². The van der Waals surface area contributed by atoms with Crippen LogP contribution < -0.4 is 22.7 Å². The fourth-order valence-corrected chi connectivity index (χ4v) is 0.662. The number of carbonyl (C=O) groups is 1. The van der Waals surface area contributed by atoms with Crippen LogP contribution in [0.3, 0.4) is 0 Å². The van der Waals surface area contributed by atoms with E-state index in [1.54, 1.807) is 0 Å². The van der Waals surface area contributed by atoms with Gasteiger partial charge in [0.1, 0.15) is 0 Å². The lowest BCUT2D eigenvalue weighted by molar-refractivity contribution is -0.119. The van der Waals surface area contributed by atoms with Gasteiger partial charge in [-0.15, -0.1) is 0 Å². The lowest BCUT2D eigenvalue weighted by Gasteiger charge is -2.04. The van der Waals surface area contributed by atoms with Crippen molar-refractivity contribution in [1.29, 1.82) is 0 Å². The molecule has 0 aliphatic rings. The van der Waals surface area contributed by atoms with Crippen molar-refractivity contribution >= 4 is 12.2 Å². The van der Waals surface area contributed by atoms with Gasteiger partial charge in [-0.2, -0.15) is 0 Å². The van der Waals surface area contributed by atoms with E-state index < -0.39 is 11.9 Å². The number of primary amides is 1. The molecule has 0 saturated carbocycles. The highest BCUT2D eigenvalue weighted by molar-refractivity contribution is 5.79. The van der Waals surface area contributed by atoms with Crippen LogP contribution in [0.25, 0.3) is 0 Å². The van der Waals surface area contributed by atoms with Gasteiger partial charge in [-0.05, 0) is 12.8 Å². The number of amides is 1. The minimum absolute atomic E-state index is 0.476. The van der Waals surface area contributed by atoms with E-state index in [0.717, 1.165) is 6.42 Å². The van der Waals surface area contributed by atoms with Crippen molar-refractivity contribution in [2.45, 2.75) is 18.9 Å². The van der Waals surface area contributed by atoms with Crippen molar-refractivity contribution < 1.29 is 4.79 Å². The standard InChI is InChI=1S/C6H15N5O/c7-5(6(8)12)2-1-3-10-4-11-9/h4-5H,1-3,7,9H2,(H2,8,12)(H,10,11). The number of nitrogens with zero attached hydrogens (tertiary/aromatic N) is 1. The van der Waals surface area contributed by atoms with Crippen LogP contribution in [0.4, 0.5) is 0 Å². The molecule has 0 heterocycles. The molecule has 0 bridgehead atoms. The molecule has 6 heteroatoms. The maximum atomic E-state index is 10.4. The van der Waals surface area contributed by atoms with Crippen LogP contribution in [-0.2, 0) is 4.79 Å². The molecule has 7 N–H and O–H groups in total. The summed E-state index contributed by atoms with van der Waals surface area (Å²) in [4.78, 5) is 14.3. The fraction of sp³-hybridized carbons (Fsp3) is 0.667. The van der Waals surface area contributed by atoms with Gasteiger partial charge in [0, 0.05) is 6.54 Å². The van der Waals surface area contributed by atoms with Crippen molar-refractivity contribution in [2.24, 2.45) is 22.3 Å². The topological polar surface area (TPSA) is 120 Å². The highest BCUT2D eigenvalue weighted by atomic mass is 16.1. The summed E-state index contributed by atoms with van der Waals surface area (Å²) in [6.07, 6.45) is 2.66. The van der Waals surface area contributed by atoms with E-state index in [0.29, 0.717) is 13.0 Å². The van der Waals surface area contributed by atoms with E-state index in [9.17, 15) is 4.79 Å². The van der Waals surface area contributed by atoms with E-state index in [1.165, 1.54) is 6.34 Å². The lowest BCUT2D eigenvalue weighted by Crippen LogP contribution is -2.36. The predicted molar refractivity (Wildman–Crippen MR) is 47.1 cm³/mol. The molecular formula is C6H15N5O. The lowest BCUT2D eigenvalue weighted by atomic mass is 10.1. The largest absolute Gasteiger partial charge is 0.368 e. The van der Waals surface area contributed by atoms with Gasteiger partial charge in [0.25, 0.3) is 0 Å². The fourth-order valence-electron chi connectivity index (χ4n) is 0.662. The van der Waals surface area contributed by atoms with E-state index >= 15 is 0 Å². The first-order valence-corrected chi connectivity index (χ1v) is 3.67. The van der Waals surface area contributed by atoms with Crippen molar-refractivity contribution in [2.75, 3.05) is 6.54 Å². The number of aliphatic imine (C=N–C) groups is 1. The zero-order chi connectivity index (χ0) is 9.40. The second kappa shape index (κ2) is 6.56. The summed E-state index contributed by atoms with van der Waals surface area (Å²) < 4.78 is 0. The smallest absolute Gasteiger partial charge is 0.234 e. The molecule has 0 aliphatic carbocycles. The van der Waals surface area contributed by atoms with E-state index in [1.807, 2.05) is 0 Å². The van der Waals surface area contributed by atoms with Gasteiger partial charge < -0.3 is 16.9 Å². The zero-order valence-corrected chi connectivity index (χ0v) is 6.86. The summed E-state index contributed by atoms with van der Waals surface area (Å²) in [5.41, 5.74) is 12.6. The van der Waals surface area contributed by atoms with E-state index in [4.69, 9.17) is 17.3 Å². The van der Waals surface area contributed by atoms with Crippen molar-refractivity contribution in [3.8, 4) is 0 Å². The summed E-state index contributed by atoms with van der Waals surface area (Å²) in [5, 5.41) is 0. The molecule has 0 radical (unpaired) electrons. The second-order valence-corrected chi connectivity index (χ2v) is 2.35. The first-order chi connectivity index (χ1) is 5.68. The van der Waals surface area contributed by atoms with Gasteiger partial charge in [-0.1, -0.05) is 0 Å². The Hall–Kier alpha value is -1.14. The van der Waals surface area contributed by atoms with Crippen LogP contribution in [0.5, 0.6) is 0 Å². The van der Waals surface area contributed by atoms with Gasteiger partial charge in [-0.25, -0.2) is 5.84 Å². The number of carbonyl (C=O) groups excluding carboxylic acids is 1. The van der Waals surface area contributed by atoms with Crippen molar-refractivity contribution in [1.82, 2.24) is 5.43 Å². The number of nitrogens with two attached hydrogens (primary N) is 3. The Labute approximate surface area is 71.2 Å². The van der Waals surface area contributed by atoms with E-state index in [2.05, 4.69) is 10.4 Å². The maximum Gasteiger partial charge on any atom is 0.234 e. The summed E-state index contributed by atoms with van der Waals surface area (Å²) in [5.74, 6) is 4.44. The van der Waals surface area contributed by atoms with E-state index in [-0.39, 0.29) is 0 Å². The average Bonchev–Trinajstić information content (AvgIpc) is 2.03. The molecule has 1 atom stereocenters. The van der Waals surface area contributed by atoms with Gasteiger partial charge in [0.15, 0.2) is 0 Å². The van der Waals surface area contributed by atoms with Gasteiger partial charge >= 0.3 is 0 Å². The number of hydrogen-bond acceptors (Lipinski definition) is 4. The Morgan fingerprint density at radius 2 is 2.33 bits per heavy atom. The molecule has 0 fully saturated rings. The zero-order valence-electron chi connectivity index (χ0n) is 6.86. The molecule has 0 aromatic heterocycles. The first kappa shape index (κ1) is 10.9. The Balaban J connectivity index is 3.31. The van der Waals surface area contributed by atoms with Crippen LogP contribution in [0, 0.1) is 0 Å². The summed E-state index contributed by atoms with van der Waals surface area (Å²) in [6.45, 7) is 0.588. The minimum Gasteiger partial charge on any atom is -0.368 e. The van der Waals surface area contributed by atoms with Crippen LogP contribution >= 0.6 is 0 Å². The van der Waals surface area contributed by atoms with Crippen LogP contribution in [-0.4, -0.2) is 24.8 Å². The Kier molecular flexibility index (Phi) is 5.94. The van der Waals surface area contributed by atoms with Crippen LogP contribution in [0.1, 0.15) is 12.8 Å². The second-order valence-electron chi connectivity index (χ2n) is 2.35. The Morgan fingerprint density at radius 1 is 1.67 bits per heavy atom. The third-order valence-corrected chi connectivity index (χ3v) is 1.33. The summed E-state index contributed by atoms with van der Waals surface area (Å²) >= 11 is 0. The molecule has 0 rings (SSSR count). The molecule has 70 valence electrons. The Bertz CT molecular complexity index is 158. The summed E-state index contributed by atoms with van der Waals surface area (Å²) in [7, 11) is 0. The van der Waals surface area contributed by atoms with Crippen molar-refractivity contribution in [3.05, 3.63) is 0 Å². The SMILES string of the molecule is NNC=NCCCC(N)C(N)=O. The van der Waals surface area contributed by atoms with Gasteiger partial charge in [0.2, 0.25) is 5.91 Å². The van der Waals surface area contributed by atoms with Gasteiger partial charge in [0.05, 0.1) is 12.4 Å². The third-order valence-electron chi connectivity index (χ3n) is 1.33. The molecule has 0 saturated heterocycles. The average molecular weight is 173 g/mol. The highest BCUT2D eigenvalue weighted by Gasteiger charge is 2.06. The number of hydrogen-bond donors (Lipinski definition) is 4.